The Morgan fingerprint density at radius 1 is 0.567 bits per heavy atom. The van der Waals surface area contributed by atoms with Crippen LogP contribution in [0.3, 0.4) is 0 Å². The minimum Gasteiger partial charge on any atom is -0.356 e. The molecule has 3 amide bonds. The molecule has 0 heterocycles. The fourth-order valence-corrected chi connectivity index (χ4v) is 3.11. The van der Waals surface area contributed by atoms with E-state index in [2.05, 4.69) is 31.9 Å². The van der Waals surface area contributed by atoms with E-state index in [1.54, 1.807) is 0 Å². The van der Waals surface area contributed by atoms with E-state index in [-0.39, 0.29) is 48.3 Å². The Morgan fingerprint density at radius 3 is 1.23 bits per heavy atom. The molecule has 0 aliphatic heterocycles. The molecule has 30 heavy (non-hydrogen) atoms. The summed E-state index contributed by atoms with van der Waals surface area (Å²) in [6, 6.07) is 0. The zero-order valence-electron chi connectivity index (χ0n) is 19.7. The third kappa shape index (κ3) is 14.3. The highest BCUT2D eigenvalue weighted by Gasteiger charge is 2.25. The lowest BCUT2D eigenvalue weighted by Crippen LogP contribution is -2.41. The van der Waals surface area contributed by atoms with Gasteiger partial charge in [-0.3, -0.25) is 14.4 Å². The van der Waals surface area contributed by atoms with Gasteiger partial charge in [0.1, 0.15) is 0 Å². The molecule has 0 saturated carbocycles. The average molecular weight is 429 g/mol. The van der Waals surface area contributed by atoms with E-state index in [0.717, 1.165) is 19.6 Å². The van der Waals surface area contributed by atoms with Gasteiger partial charge in [-0.05, 0) is 58.5 Å². The maximum Gasteiger partial charge on any atom is 0.224 e. The van der Waals surface area contributed by atoms with E-state index in [9.17, 15) is 14.4 Å². The summed E-state index contributed by atoms with van der Waals surface area (Å²) in [7, 11) is 5.59. The molecule has 0 saturated heterocycles. The van der Waals surface area contributed by atoms with E-state index >= 15 is 0 Å². The number of rotatable bonds is 17. The fourth-order valence-electron chi connectivity index (χ4n) is 3.11. The Morgan fingerprint density at radius 2 is 0.900 bits per heavy atom. The van der Waals surface area contributed by atoms with Crippen LogP contribution in [-0.2, 0) is 14.4 Å². The number of hydrogen-bond donors (Lipinski definition) is 6. The van der Waals surface area contributed by atoms with Crippen LogP contribution in [0.5, 0.6) is 0 Å². The van der Waals surface area contributed by atoms with Crippen LogP contribution < -0.4 is 31.9 Å². The molecular weight excluding hydrogens is 384 g/mol. The first-order chi connectivity index (χ1) is 14.2. The monoisotopic (exact) mass is 428 g/mol. The Bertz CT molecular complexity index is 473. The largest absolute Gasteiger partial charge is 0.356 e. The zero-order chi connectivity index (χ0) is 22.9. The van der Waals surface area contributed by atoms with Gasteiger partial charge in [0.05, 0.1) is 5.92 Å². The highest BCUT2D eigenvalue weighted by molar-refractivity contribution is 5.90. The van der Waals surface area contributed by atoms with Crippen molar-refractivity contribution in [2.45, 2.75) is 33.6 Å². The smallest absolute Gasteiger partial charge is 0.224 e. The zero-order valence-corrected chi connectivity index (χ0v) is 19.7. The molecule has 3 unspecified atom stereocenters. The minimum atomic E-state index is -0.689. The Hall–Kier alpha value is -1.71. The SMILES string of the molecule is CNCC(C)CNC(=O)CC(CC(=O)NCC(C)CNC)C(=O)NCC(C)CNC. The Kier molecular flexibility index (Phi) is 16.0. The van der Waals surface area contributed by atoms with Crippen LogP contribution in [0.4, 0.5) is 0 Å². The van der Waals surface area contributed by atoms with Crippen LogP contribution in [0.2, 0.25) is 0 Å². The number of nitrogens with one attached hydrogen (secondary N) is 6. The van der Waals surface area contributed by atoms with Crippen molar-refractivity contribution >= 4 is 17.7 Å². The van der Waals surface area contributed by atoms with Crippen LogP contribution in [-0.4, -0.2) is 78.1 Å². The standard InChI is InChI=1S/C21H44N6O3/c1-15(9-22-4)12-25-19(28)7-18(21(30)27-14-17(3)11-24-6)8-20(29)26-13-16(2)10-23-5/h15-18,22-24H,7-14H2,1-6H3,(H,25,28)(H,26,29)(H,27,30). The first-order valence-corrected chi connectivity index (χ1v) is 11.0. The molecule has 0 radical (unpaired) electrons. The third-order valence-corrected chi connectivity index (χ3v) is 4.81. The quantitative estimate of drug-likeness (QED) is 0.182. The lowest BCUT2D eigenvalue weighted by atomic mass is 9.98. The van der Waals surface area contributed by atoms with E-state index < -0.39 is 5.92 Å². The molecule has 176 valence electrons. The van der Waals surface area contributed by atoms with Gasteiger partial charge in [-0.15, -0.1) is 0 Å². The second-order valence-electron chi connectivity index (χ2n) is 8.45. The molecule has 0 spiro atoms. The maximum absolute atomic E-state index is 12.7. The highest BCUT2D eigenvalue weighted by Crippen LogP contribution is 2.10. The molecule has 0 aromatic rings. The van der Waals surface area contributed by atoms with Crippen molar-refractivity contribution in [3.05, 3.63) is 0 Å². The van der Waals surface area contributed by atoms with Crippen molar-refractivity contribution in [2.24, 2.45) is 23.7 Å². The van der Waals surface area contributed by atoms with Crippen molar-refractivity contribution < 1.29 is 14.4 Å². The molecule has 0 fully saturated rings. The van der Waals surface area contributed by atoms with Crippen molar-refractivity contribution in [1.29, 1.82) is 0 Å². The van der Waals surface area contributed by atoms with Gasteiger partial charge < -0.3 is 31.9 Å². The normalized spacial score (nSPS) is 15.0. The summed E-state index contributed by atoms with van der Waals surface area (Å²) in [5, 5.41) is 17.8. The lowest BCUT2D eigenvalue weighted by Gasteiger charge is -2.20. The molecule has 9 heteroatoms. The van der Waals surface area contributed by atoms with E-state index in [1.165, 1.54) is 0 Å². The molecule has 0 aromatic heterocycles. The second kappa shape index (κ2) is 17.0. The molecule has 0 aromatic carbocycles. The predicted octanol–water partition coefficient (Wildman–Crippen LogP) is -0.702. The van der Waals surface area contributed by atoms with Crippen LogP contribution in [0.1, 0.15) is 33.6 Å². The summed E-state index contributed by atoms with van der Waals surface area (Å²) < 4.78 is 0. The summed E-state index contributed by atoms with van der Waals surface area (Å²) in [5.74, 6) is -0.542. The predicted molar refractivity (Wildman–Crippen MR) is 121 cm³/mol. The topological polar surface area (TPSA) is 123 Å². The van der Waals surface area contributed by atoms with Gasteiger partial charge >= 0.3 is 0 Å². The van der Waals surface area contributed by atoms with E-state index in [0.29, 0.717) is 19.6 Å². The van der Waals surface area contributed by atoms with Crippen molar-refractivity contribution in [2.75, 3.05) is 60.4 Å². The summed E-state index contributed by atoms with van der Waals surface area (Å²) in [5.41, 5.74) is 0. The second-order valence-corrected chi connectivity index (χ2v) is 8.45. The van der Waals surface area contributed by atoms with E-state index in [1.807, 2.05) is 41.9 Å². The number of carbonyl (C=O) groups excluding carboxylic acids is 3. The van der Waals surface area contributed by atoms with Crippen molar-refractivity contribution in [1.82, 2.24) is 31.9 Å². The van der Waals surface area contributed by atoms with Gasteiger partial charge in [-0.25, -0.2) is 0 Å². The summed E-state index contributed by atoms with van der Waals surface area (Å²) >= 11 is 0. The molecule has 0 aliphatic carbocycles. The van der Waals surface area contributed by atoms with Crippen molar-refractivity contribution in [3.8, 4) is 0 Å². The fraction of sp³-hybridized carbons (Fsp3) is 0.857. The highest BCUT2D eigenvalue weighted by atomic mass is 16.2. The van der Waals surface area contributed by atoms with Gasteiger partial charge in [0.2, 0.25) is 17.7 Å². The van der Waals surface area contributed by atoms with Crippen LogP contribution >= 0.6 is 0 Å². The summed E-state index contributed by atoms with van der Waals surface area (Å²) in [6.07, 6.45) is -0.00396. The lowest BCUT2D eigenvalue weighted by molar-refractivity contribution is -0.133. The maximum atomic E-state index is 12.7. The van der Waals surface area contributed by atoms with Crippen LogP contribution in [0, 0.1) is 23.7 Å². The number of amides is 3. The number of hydrogen-bond acceptors (Lipinski definition) is 6. The molecule has 9 nitrogen and oxygen atoms in total. The molecule has 0 aliphatic rings. The summed E-state index contributed by atoms with van der Waals surface area (Å²) in [6.45, 7) is 10.0. The molecule has 3 atom stereocenters. The Labute approximate surface area is 182 Å². The van der Waals surface area contributed by atoms with Gasteiger partial charge in [0.15, 0.2) is 0 Å². The molecule has 6 N–H and O–H groups in total. The molecule has 0 bridgehead atoms. The molecular formula is C21H44N6O3. The Balaban J connectivity index is 4.79. The average Bonchev–Trinajstić information content (AvgIpc) is 2.69. The molecule has 0 rings (SSSR count). The third-order valence-electron chi connectivity index (χ3n) is 4.81. The van der Waals surface area contributed by atoms with Gasteiger partial charge in [-0.2, -0.15) is 0 Å². The van der Waals surface area contributed by atoms with Crippen LogP contribution in [0.25, 0.3) is 0 Å². The van der Waals surface area contributed by atoms with Crippen LogP contribution in [0.15, 0.2) is 0 Å². The first kappa shape index (κ1) is 28.3. The minimum absolute atomic E-state index is 0.00198. The summed E-state index contributed by atoms with van der Waals surface area (Å²) in [4.78, 5) is 37.4. The van der Waals surface area contributed by atoms with E-state index in [4.69, 9.17) is 0 Å². The van der Waals surface area contributed by atoms with Gasteiger partial charge in [0, 0.05) is 32.5 Å². The van der Waals surface area contributed by atoms with Gasteiger partial charge in [-0.1, -0.05) is 20.8 Å². The van der Waals surface area contributed by atoms with Gasteiger partial charge in [0.25, 0.3) is 0 Å². The number of carbonyl (C=O) groups is 3. The van der Waals surface area contributed by atoms with Crippen molar-refractivity contribution in [3.63, 3.8) is 0 Å². The first-order valence-electron chi connectivity index (χ1n) is 11.0.